The minimum Gasteiger partial charge on any atom is -0.286 e. The molecule has 0 radical (unpaired) electrons. The van der Waals surface area contributed by atoms with Crippen molar-refractivity contribution in [1.82, 2.24) is 10.6 Å². The Morgan fingerprint density at radius 3 is 2.78 bits per heavy atom. The molecule has 0 bridgehead atoms. The molecule has 2 atom stereocenters. The molecule has 1 aromatic carbocycles. The van der Waals surface area contributed by atoms with Gasteiger partial charge in [-0.15, -0.1) is 0 Å². The van der Waals surface area contributed by atoms with Crippen molar-refractivity contribution in [1.29, 1.82) is 0 Å². The van der Waals surface area contributed by atoms with E-state index in [4.69, 9.17) is 0 Å². The monoisotopic (exact) mass is 245 g/mol. The summed E-state index contributed by atoms with van der Waals surface area (Å²) in [4.78, 5) is 25.5. The Bertz CT molecular complexity index is 543. The van der Waals surface area contributed by atoms with Gasteiger partial charge in [-0.1, -0.05) is 18.2 Å². The number of hydrogen-bond acceptors (Lipinski definition) is 4. The van der Waals surface area contributed by atoms with Crippen LogP contribution in [0.4, 0.5) is 5.69 Å². The van der Waals surface area contributed by atoms with Crippen molar-refractivity contribution in [3.8, 4) is 0 Å². The quantitative estimate of drug-likeness (QED) is 0.691. The zero-order valence-electron chi connectivity index (χ0n) is 10.4. The number of benzene rings is 1. The standard InChI is InChI=1S/C13H15N3O2/c1-8-7-14-13(15-8)10-5-3-4-6-11(10)16(9(2)17)12(13)18/h3-6,8,14-15H,7H2,1-2H3. The van der Waals surface area contributed by atoms with E-state index in [1.807, 2.05) is 25.1 Å². The van der Waals surface area contributed by atoms with Gasteiger partial charge in [-0.05, 0) is 13.0 Å². The largest absolute Gasteiger partial charge is 0.286 e. The van der Waals surface area contributed by atoms with Crippen LogP contribution in [0.15, 0.2) is 24.3 Å². The molecule has 1 fully saturated rings. The summed E-state index contributed by atoms with van der Waals surface area (Å²) in [6, 6.07) is 7.58. The van der Waals surface area contributed by atoms with Crippen LogP contribution < -0.4 is 15.5 Å². The molecule has 0 saturated carbocycles. The number of carbonyl (C=O) groups is 2. The smallest absolute Gasteiger partial charge is 0.273 e. The Balaban J connectivity index is 2.19. The summed E-state index contributed by atoms with van der Waals surface area (Å²) in [7, 11) is 0. The summed E-state index contributed by atoms with van der Waals surface area (Å²) in [6.45, 7) is 4.12. The number of rotatable bonds is 0. The number of para-hydroxylation sites is 1. The van der Waals surface area contributed by atoms with Gasteiger partial charge < -0.3 is 0 Å². The van der Waals surface area contributed by atoms with Gasteiger partial charge >= 0.3 is 0 Å². The molecule has 2 aliphatic rings. The van der Waals surface area contributed by atoms with E-state index < -0.39 is 5.66 Å². The number of hydrogen-bond donors (Lipinski definition) is 2. The van der Waals surface area contributed by atoms with Crippen molar-refractivity contribution in [3.63, 3.8) is 0 Å². The molecule has 3 rings (SSSR count). The third kappa shape index (κ3) is 1.28. The lowest BCUT2D eigenvalue weighted by Gasteiger charge is -2.23. The molecule has 0 aliphatic carbocycles. The zero-order chi connectivity index (χ0) is 12.9. The first-order valence-electron chi connectivity index (χ1n) is 6.03. The molecule has 1 spiro atoms. The van der Waals surface area contributed by atoms with Crippen LogP contribution in [0, 0.1) is 0 Å². The predicted molar refractivity (Wildman–Crippen MR) is 66.9 cm³/mol. The first kappa shape index (κ1) is 11.4. The maximum Gasteiger partial charge on any atom is 0.273 e. The summed E-state index contributed by atoms with van der Waals surface area (Å²) in [5.41, 5.74) is 0.570. The van der Waals surface area contributed by atoms with Gasteiger partial charge in [-0.2, -0.15) is 0 Å². The van der Waals surface area contributed by atoms with E-state index in [0.717, 1.165) is 5.56 Å². The van der Waals surface area contributed by atoms with Crippen LogP contribution in [-0.4, -0.2) is 24.4 Å². The van der Waals surface area contributed by atoms with E-state index in [1.165, 1.54) is 11.8 Å². The molecule has 5 heteroatoms. The lowest BCUT2D eigenvalue weighted by molar-refractivity contribution is -0.129. The zero-order valence-corrected chi connectivity index (χ0v) is 10.4. The number of imide groups is 1. The fraction of sp³-hybridized carbons (Fsp3) is 0.385. The van der Waals surface area contributed by atoms with E-state index in [9.17, 15) is 9.59 Å². The first-order chi connectivity index (χ1) is 8.56. The molecule has 2 aliphatic heterocycles. The maximum atomic E-state index is 12.6. The van der Waals surface area contributed by atoms with Gasteiger partial charge in [0.1, 0.15) is 0 Å². The number of fused-ring (bicyclic) bond motifs is 2. The highest BCUT2D eigenvalue weighted by Gasteiger charge is 2.55. The normalized spacial score (nSPS) is 30.0. The molecule has 2 N–H and O–H groups in total. The van der Waals surface area contributed by atoms with Crippen LogP contribution in [-0.2, 0) is 15.3 Å². The second kappa shape index (κ2) is 3.63. The molecule has 94 valence electrons. The highest BCUT2D eigenvalue weighted by atomic mass is 16.2. The average Bonchev–Trinajstić information content (AvgIpc) is 2.82. The second-order valence-electron chi connectivity index (χ2n) is 4.85. The van der Waals surface area contributed by atoms with Crippen molar-refractivity contribution in [2.45, 2.75) is 25.6 Å². The van der Waals surface area contributed by atoms with E-state index >= 15 is 0 Å². The summed E-state index contributed by atoms with van der Waals surface area (Å²) in [5.74, 6) is -0.493. The average molecular weight is 245 g/mol. The molecule has 2 amide bonds. The van der Waals surface area contributed by atoms with E-state index in [1.54, 1.807) is 6.07 Å². The Labute approximate surface area is 105 Å². The van der Waals surface area contributed by atoms with Gasteiger partial charge in [-0.3, -0.25) is 20.2 Å². The van der Waals surface area contributed by atoms with Gasteiger partial charge in [0.15, 0.2) is 5.66 Å². The lowest BCUT2D eigenvalue weighted by atomic mass is 10.0. The number of nitrogens with one attached hydrogen (secondary N) is 2. The van der Waals surface area contributed by atoms with Gasteiger partial charge in [0.2, 0.25) is 5.91 Å². The minimum atomic E-state index is -0.929. The topological polar surface area (TPSA) is 61.4 Å². The SMILES string of the molecule is CC(=O)N1C(=O)C2(NCC(C)N2)c2ccccc21. The molecule has 1 saturated heterocycles. The first-order valence-corrected chi connectivity index (χ1v) is 6.03. The van der Waals surface area contributed by atoms with Crippen LogP contribution in [0.5, 0.6) is 0 Å². The molecule has 2 unspecified atom stereocenters. The molecule has 5 nitrogen and oxygen atoms in total. The van der Waals surface area contributed by atoms with Crippen LogP contribution in [0.3, 0.4) is 0 Å². The van der Waals surface area contributed by atoms with Crippen molar-refractivity contribution in [2.24, 2.45) is 0 Å². The van der Waals surface area contributed by atoms with Crippen LogP contribution in [0.25, 0.3) is 0 Å². The van der Waals surface area contributed by atoms with Crippen molar-refractivity contribution < 1.29 is 9.59 Å². The summed E-state index contributed by atoms with van der Waals surface area (Å²) in [6.07, 6.45) is 0. The Kier molecular flexibility index (Phi) is 2.30. The lowest BCUT2D eigenvalue weighted by Crippen LogP contribution is -2.55. The number of nitrogens with zero attached hydrogens (tertiary/aromatic N) is 1. The molecule has 1 aromatic rings. The van der Waals surface area contributed by atoms with Crippen molar-refractivity contribution >= 4 is 17.5 Å². The maximum absolute atomic E-state index is 12.6. The molecular formula is C13H15N3O2. The summed E-state index contributed by atoms with van der Waals surface area (Å²) < 4.78 is 0. The van der Waals surface area contributed by atoms with Crippen molar-refractivity contribution in [2.75, 3.05) is 11.4 Å². The highest BCUT2D eigenvalue weighted by molar-refractivity contribution is 6.22. The van der Waals surface area contributed by atoms with Crippen LogP contribution in [0.2, 0.25) is 0 Å². The fourth-order valence-electron chi connectivity index (χ4n) is 2.78. The van der Waals surface area contributed by atoms with E-state index in [2.05, 4.69) is 10.6 Å². The second-order valence-corrected chi connectivity index (χ2v) is 4.85. The Morgan fingerprint density at radius 2 is 2.17 bits per heavy atom. The van der Waals surface area contributed by atoms with E-state index in [-0.39, 0.29) is 17.9 Å². The molecule has 0 aromatic heterocycles. The molecule has 18 heavy (non-hydrogen) atoms. The highest BCUT2D eigenvalue weighted by Crippen LogP contribution is 2.40. The van der Waals surface area contributed by atoms with Gasteiger partial charge in [0.05, 0.1) is 5.69 Å². The molecular weight excluding hydrogens is 230 g/mol. The fourth-order valence-corrected chi connectivity index (χ4v) is 2.78. The summed E-state index contributed by atoms with van der Waals surface area (Å²) >= 11 is 0. The van der Waals surface area contributed by atoms with Crippen LogP contribution >= 0.6 is 0 Å². The Morgan fingerprint density at radius 1 is 1.44 bits per heavy atom. The van der Waals surface area contributed by atoms with Gasteiger partial charge in [0.25, 0.3) is 5.91 Å². The number of anilines is 1. The van der Waals surface area contributed by atoms with E-state index in [0.29, 0.717) is 12.2 Å². The van der Waals surface area contributed by atoms with Crippen LogP contribution in [0.1, 0.15) is 19.4 Å². The number of amides is 2. The van der Waals surface area contributed by atoms with Gasteiger partial charge in [-0.25, -0.2) is 4.90 Å². The predicted octanol–water partition coefficient (Wildman–Crippen LogP) is 0.314. The minimum absolute atomic E-state index is 0.189. The van der Waals surface area contributed by atoms with Gasteiger partial charge in [0, 0.05) is 25.1 Å². The van der Waals surface area contributed by atoms with Crippen molar-refractivity contribution in [3.05, 3.63) is 29.8 Å². The third-order valence-electron chi connectivity index (χ3n) is 3.52. The Hall–Kier alpha value is -1.72. The molecule has 2 heterocycles. The summed E-state index contributed by atoms with van der Waals surface area (Å²) in [5, 5.41) is 6.48. The third-order valence-corrected chi connectivity index (χ3v) is 3.52. The number of carbonyl (C=O) groups excluding carboxylic acids is 2.